The van der Waals surface area contributed by atoms with E-state index in [1.165, 1.54) is 19.2 Å². The second-order valence-corrected chi connectivity index (χ2v) is 6.29. The molecule has 1 aliphatic heterocycles. The van der Waals surface area contributed by atoms with Gasteiger partial charge in [0.25, 0.3) is 0 Å². The van der Waals surface area contributed by atoms with Crippen molar-refractivity contribution in [3.8, 4) is 5.75 Å². The van der Waals surface area contributed by atoms with Crippen molar-refractivity contribution >= 4 is 11.7 Å². The monoisotopic (exact) mass is 379 g/mol. The summed E-state index contributed by atoms with van der Waals surface area (Å²) in [6, 6.07) is 7.71. The number of methoxy groups -OCH3 is 1. The van der Waals surface area contributed by atoms with E-state index in [9.17, 15) is 18.0 Å². The molecular formula is C19H20F3N3O2. The third-order valence-corrected chi connectivity index (χ3v) is 4.45. The van der Waals surface area contributed by atoms with E-state index in [1.807, 2.05) is 6.07 Å². The SMILES string of the molecule is COc1ccc(CN2CCN(C(=O)Nc3ccc(F)c(F)c3)CC2)cc1F. The van der Waals surface area contributed by atoms with Crippen LogP contribution in [0, 0.1) is 17.5 Å². The van der Waals surface area contributed by atoms with E-state index < -0.39 is 17.5 Å². The van der Waals surface area contributed by atoms with Crippen LogP contribution in [0.5, 0.6) is 5.75 Å². The molecule has 5 nitrogen and oxygen atoms in total. The molecule has 0 atom stereocenters. The Kier molecular flexibility index (Phi) is 5.85. The number of nitrogens with one attached hydrogen (secondary N) is 1. The zero-order valence-corrected chi connectivity index (χ0v) is 14.8. The molecule has 144 valence electrons. The lowest BCUT2D eigenvalue weighted by Gasteiger charge is -2.34. The number of ether oxygens (including phenoxy) is 1. The molecule has 1 N–H and O–H groups in total. The van der Waals surface area contributed by atoms with Crippen molar-refractivity contribution in [1.82, 2.24) is 9.80 Å². The largest absolute Gasteiger partial charge is 0.494 e. The Balaban J connectivity index is 1.51. The Morgan fingerprint density at radius 2 is 1.74 bits per heavy atom. The van der Waals surface area contributed by atoms with Crippen LogP contribution in [0.3, 0.4) is 0 Å². The third-order valence-electron chi connectivity index (χ3n) is 4.45. The number of carbonyl (C=O) groups excluding carboxylic acids is 1. The number of rotatable bonds is 4. The lowest BCUT2D eigenvalue weighted by molar-refractivity contribution is 0.143. The maximum Gasteiger partial charge on any atom is 0.321 e. The number of hydrogen-bond acceptors (Lipinski definition) is 3. The van der Waals surface area contributed by atoms with Crippen molar-refractivity contribution in [2.24, 2.45) is 0 Å². The van der Waals surface area contributed by atoms with Crippen LogP contribution in [0.4, 0.5) is 23.7 Å². The second-order valence-electron chi connectivity index (χ2n) is 6.29. The fourth-order valence-corrected chi connectivity index (χ4v) is 2.95. The molecule has 0 aliphatic carbocycles. The van der Waals surface area contributed by atoms with E-state index in [0.29, 0.717) is 32.7 Å². The molecule has 3 rings (SSSR count). The molecule has 0 bridgehead atoms. The molecule has 0 saturated carbocycles. The molecule has 0 radical (unpaired) electrons. The van der Waals surface area contributed by atoms with Crippen molar-refractivity contribution in [3.63, 3.8) is 0 Å². The Morgan fingerprint density at radius 1 is 1.00 bits per heavy atom. The number of anilines is 1. The van der Waals surface area contributed by atoms with Gasteiger partial charge < -0.3 is 15.0 Å². The van der Waals surface area contributed by atoms with Gasteiger partial charge in [-0.2, -0.15) is 0 Å². The molecule has 1 heterocycles. The van der Waals surface area contributed by atoms with E-state index in [1.54, 1.807) is 11.0 Å². The van der Waals surface area contributed by atoms with E-state index in [-0.39, 0.29) is 17.5 Å². The zero-order chi connectivity index (χ0) is 19.4. The van der Waals surface area contributed by atoms with Gasteiger partial charge in [-0.25, -0.2) is 18.0 Å². The lowest BCUT2D eigenvalue weighted by atomic mass is 10.2. The minimum atomic E-state index is -1.01. The van der Waals surface area contributed by atoms with Gasteiger partial charge in [0, 0.05) is 44.5 Å². The average molecular weight is 379 g/mol. The zero-order valence-electron chi connectivity index (χ0n) is 14.8. The third kappa shape index (κ3) is 4.71. The summed E-state index contributed by atoms with van der Waals surface area (Å²) < 4.78 is 44.9. The molecule has 0 spiro atoms. The standard InChI is InChI=1S/C19H20F3N3O2/c1-27-18-5-2-13(10-17(18)22)12-24-6-8-25(9-7-24)19(26)23-14-3-4-15(20)16(21)11-14/h2-5,10-11H,6-9,12H2,1H3,(H,23,26). The maximum atomic E-state index is 13.8. The van der Waals surface area contributed by atoms with Gasteiger partial charge in [-0.15, -0.1) is 0 Å². The molecular weight excluding hydrogens is 359 g/mol. The molecule has 2 aromatic carbocycles. The summed E-state index contributed by atoms with van der Waals surface area (Å²) in [4.78, 5) is 16.0. The summed E-state index contributed by atoms with van der Waals surface area (Å²) in [5, 5.41) is 2.56. The molecule has 0 aromatic heterocycles. The van der Waals surface area contributed by atoms with Crippen LogP contribution >= 0.6 is 0 Å². The lowest BCUT2D eigenvalue weighted by Crippen LogP contribution is -2.49. The molecule has 1 saturated heterocycles. The van der Waals surface area contributed by atoms with Crippen molar-refractivity contribution in [2.45, 2.75) is 6.54 Å². The van der Waals surface area contributed by atoms with Crippen LogP contribution in [0.15, 0.2) is 36.4 Å². The van der Waals surface area contributed by atoms with Gasteiger partial charge in [-0.05, 0) is 29.8 Å². The minimum absolute atomic E-state index is 0.204. The molecule has 0 unspecified atom stereocenters. The predicted molar refractivity (Wildman–Crippen MR) is 95.2 cm³/mol. The Morgan fingerprint density at radius 3 is 2.37 bits per heavy atom. The number of halogens is 3. The van der Waals surface area contributed by atoms with Gasteiger partial charge in [0.05, 0.1) is 7.11 Å². The first-order valence-electron chi connectivity index (χ1n) is 8.52. The summed E-state index contributed by atoms with van der Waals surface area (Å²) in [7, 11) is 1.42. The first-order valence-corrected chi connectivity index (χ1v) is 8.52. The van der Waals surface area contributed by atoms with Crippen molar-refractivity contribution < 1.29 is 22.7 Å². The van der Waals surface area contributed by atoms with Gasteiger partial charge in [0.1, 0.15) is 0 Å². The molecule has 8 heteroatoms. The van der Waals surface area contributed by atoms with Crippen LogP contribution in [-0.4, -0.2) is 49.1 Å². The van der Waals surface area contributed by atoms with E-state index >= 15 is 0 Å². The first-order chi connectivity index (χ1) is 13.0. The fourth-order valence-electron chi connectivity index (χ4n) is 2.95. The summed E-state index contributed by atoms with van der Waals surface area (Å²) in [5.74, 6) is -2.17. The van der Waals surface area contributed by atoms with Gasteiger partial charge in [-0.1, -0.05) is 6.07 Å². The van der Waals surface area contributed by atoms with E-state index in [4.69, 9.17) is 4.74 Å². The highest BCUT2D eigenvalue weighted by molar-refractivity contribution is 5.89. The van der Waals surface area contributed by atoms with Crippen molar-refractivity contribution in [3.05, 3.63) is 59.4 Å². The van der Waals surface area contributed by atoms with Crippen LogP contribution in [0.2, 0.25) is 0 Å². The number of urea groups is 1. The van der Waals surface area contributed by atoms with Gasteiger partial charge >= 0.3 is 6.03 Å². The van der Waals surface area contributed by atoms with Crippen LogP contribution in [0.1, 0.15) is 5.56 Å². The molecule has 1 fully saturated rings. The number of piperazine rings is 1. The number of benzene rings is 2. The molecule has 2 aromatic rings. The highest BCUT2D eigenvalue weighted by Gasteiger charge is 2.21. The fraction of sp³-hybridized carbons (Fsp3) is 0.316. The minimum Gasteiger partial charge on any atom is -0.494 e. The molecule has 1 aliphatic rings. The Hall–Kier alpha value is -2.74. The molecule has 2 amide bonds. The Bertz CT molecular complexity index is 824. The summed E-state index contributed by atoms with van der Waals surface area (Å²) in [6.07, 6.45) is 0. The average Bonchev–Trinajstić information content (AvgIpc) is 2.65. The number of nitrogens with zero attached hydrogens (tertiary/aromatic N) is 2. The van der Waals surface area contributed by atoms with Crippen LogP contribution in [0.25, 0.3) is 0 Å². The van der Waals surface area contributed by atoms with Crippen molar-refractivity contribution in [1.29, 1.82) is 0 Å². The highest BCUT2D eigenvalue weighted by Crippen LogP contribution is 2.19. The first kappa shape index (κ1) is 19.0. The molecule has 27 heavy (non-hydrogen) atoms. The number of amides is 2. The van der Waals surface area contributed by atoms with E-state index in [2.05, 4.69) is 10.2 Å². The maximum absolute atomic E-state index is 13.8. The summed E-state index contributed by atoms with van der Waals surface area (Å²) >= 11 is 0. The number of hydrogen-bond donors (Lipinski definition) is 1. The van der Waals surface area contributed by atoms with Crippen LogP contribution < -0.4 is 10.1 Å². The van der Waals surface area contributed by atoms with Crippen LogP contribution in [-0.2, 0) is 6.54 Å². The topological polar surface area (TPSA) is 44.8 Å². The van der Waals surface area contributed by atoms with E-state index in [0.717, 1.165) is 17.7 Å². The predicted octanol–water partition coefficient (Wildman–Crippen LogP) is 3.46. The normalized spacial score (nSPS) is 14.9. The van der Waals surface area contributed by atoms with Crippen molar-refractivity contribution in [2.75, 3.05) is 38.6 Å². The van der Waals surface area contributed by atoms with Gasteiger partial charge in [-0.3, -0.25) is 4.90 Å². The smallest absolute Gasteiger partial charge is 0.321 e. The second kappa shape index (κ2) is 8.30. The quantitative estimate of drug-likeness (QED) is 0.885. The van der Waals surface area contributed by atoms with Gasteiger partial charge in [0.2, 0.25) is 0 Å². The summed E-state index contributed by atoms with van der Waals surface area (Å²) in [6.45, 7) is 2.78. The van der Waals surface area contributed by atoms with Gasteiger partial charge in [0.15, 0.2) is 23.2 Å². The summed E-state index contributed by atoms with van der Waals surface area (Å²) in [5.41, 5.74) is 1.03. The Labute approximate surface area is 155 Å². The number of carbonyl (C=O) groups is 1. The highest BCUT2D eigenvalue weighted by atomic mass is 19.2.